The normalized spacial score (nSPS) is 12.1. The number of fused-ring (bicyclic) bond motifs is 1. The third-order valence-corrected chi connectivity index (χ3v) is 5.02. The van der Waals surface area contributed by atoms with Gasteiger partial charge in [-0.05, 0) is 6.07 Å². The van der Waals surface area contributed by atoms with E-state index in [0.717, 1.165) is 7.11 Å². The van der Waals surface area contributed by atoms with Crippen LogP contribution in [0.4, 0.5) is 13.2 Å². The first-order valence-electron chi connectivity index (χ1n) is 8.63. The van der Waals surface area contributed by atoms with Gasteiger partial charge in [0.15, 0.2) is 11.6 Å². The fraction of sp³-hybridized carbons (Fsp3) is 0.278. The van der Waals surface area contributed by atoms with Crippen molar-refractivity contribution in [3.63, 3.8) is 0 Å². The van der Waals surface area contributed by atoms with Crippen molar-refractivity contribution >= 4 is 22.5 Å². The predicted octanol–water partition coefficient (Wildman–Crippen LogP) is 3.69. The van der Waals surface area contributed by atoms with Gasteiger partial charge in [0.2, 0.25) is 5.82 Å². The molecule has 0 amide bonds. The molecule has 0 atom stereocenters. The van der Waals surface area contributed by atoms with Gasteiger partial charge in [0.25, 0.3) is 0 Å². The number of nitrogens with one attached hydrogen (secondary N) is 1. The summed E-state index contributed by atoms with van der Waals surface area (Å²) in [6, 6.07) is 1.57. The summed E-state index contributed by atoms with van der Waals surface area (Å²) < 4.78 is 56.3. The van der Waals surface area contributed by atoms with Crippen molar-refractivity contribution in [1.82, 2.24) is 29.3 Å². The second-order valence-electron chi connectivity index (χ2n) is 6.49. The minimum absolute atomic E-state index is 0.0117. The van der Waals surface area contributed by atoms with Gasteiger partial charge in [0.05, 0.1) is 24.6 Å². The maximum atomic E-state index is 15.1. The zero-order valence-electron chi connectivity index (χ0n) is 16.1. The standard InChI is InChI=1S/C18H16ClF3N6O2/c1-27-13-9(6-10(30-3)11(19)12(13)20)14(28-5-4-23-8-28)15(27)16-24-17(26-25-16)18(21,22)7-29-2/h4-6,8H,7H2,1-3H3,(H,24,25,26). The molecule has 4 aromatic rings. The summed E-state index contributed by atoms with van der Waals surface area (Å²) in [7, 11) is 4.10. The Morgan fingerprint density at radius 2 is 2.03 bits per heavy atom. The fourth-order valence-electron chi connectivity index (χ4n) is 3.36. The van der Waals surface area contributed by atoms with E-state index in [4.69, 9.17) is 16.3 Å². The second kappa shape index (κ2) is 7.33. The summed E-state index contributed by atoms with van der Waals surface area (Å²) in [5.41, 5.74) is 0.885. The average Bonchev–Trinajstić information content (AvgIpc) is 3.43. The third kappa shape index (κ3) is 3.01. The molecule has 0 saturated heterocycles. The molecule has 0 radical (unpaired) electrons. The number of methoxy groups -OCH3 is 2. The molecule has 30 heavy (non-hydrogen) atoms. The first-order valence-corrected chi connectivity index (χ1v) is 9.01. The molecule has 8 nitrogen and oxygen atoms in total. The van der Waals surface area contributed by atoms with Crippen LogP contribution in [0.5, 0.6) is 5.75 Å². The van der Waals surface area contributed by atoms with Crippen molar-refractivity contribution in [2.45, 2.75) is 5.92 Å². The molecule has 1 aromatic carbocycles. The third-order valence-electron chi connectivity index (χ3n) is 4.66. The molecule has 0 aliphatic carbocycles. The van der Waals surface area contributed by atoms with Crippen LogP contribution in [0.1, 0.15) is 5.82 Å². The Balaban J connectivity index is 2.03. The lowest BCUT2D eigenvalue weighted by atomic mass is 10.2. The highest BCUT2D eigenvalue weighted by molar-refractivity contribution is 6.33. The van der Waals surface area contributed by atoms with Crippen molar-refractivity contribution in [2.75, 3.05) is 20.8 Å². The zero-order chi connectivity index (χ0) is 21.6. The SMILES string of the molecule is COCC(F)(F)c1nnc(-c2c(-n3ccnc3)c3cc(OC)c(Cl)c(F)c3n2C)[nH]1. The van der Waals surface area contributed by atoms with E-state index >= 15 is 4.39 Å². The number of hydrogen-bond donors (Lipinski definition) is 1. The molecule has 0 saturated carbocycles. The van der Waals surface area contributed by atoms with Crippen LogP contribution < -0.4 is 4.74 Å². The van der Waals surface area contributed by atoms with E-state index in [1.165, 1.54) is 24.2 Å². The lowest BCUT2D eigenvalue weighted by molar-refractivity contribution is -0.0763. The molecule has 12 heteroatoms. The molecule has 0 aliphatic rings. The van der Waals surface area contributed by atoms with E-state index in [1.54, 1.807) is 23.9 Å². The van der Waals surface area contributed by atoms with Crippen LogP contribution in [-0.4, -0.2) is 50.1 Å². The van der Waals surface area contributed by atoms with Gasteiger partial charge >= 0.3 is 5.92 Å². The summed E-state index contributed by atoms with van der Waals surface area (Å²) in [6.45, 7) is -0.868. The first-order chi connectivity index (χ1) is 14.3. The molecule has 3 aromatic heterocycles. The molecule has 0 unspecified atom stereocenters. The van der Waals surface area contributed by atoms with Gasteiger partial charge in [-0.3, -0.25) is 0 Å². The van der Waals surface area contributed by atoms with Crippen molar-refractivity contribution in [2.24, 2.45) is 7.05 Å². The zero-order valence-corrected chi connectivity index (χ0v) is 16.8. The molecular formula is C18H16ClF3N6O2. The van der Waals surface area contributed by atoms with Crippen molar-refractivity contribution < 1.29 is 22.6 Å². The molecular weight excluding hydrogens is 425 g/mol. The van der Waals surface area contributed by atoms with Gasteiger partial charge in [-0.15, -0.1) is 10.2 Å². The summed E-state index contributed by atoms with van der Waals surface area (Å²) in [6.07, 6.45) is 4.66. The van der Waals surface area contributed by atoms with Gasteiger partial charge < -0.3 is 23.6 Å². The van der Waals surface area contributed by atoms with Gasteiger partial charge in [-0.2, -0.15) is 8.78 Å². The number of halogens is 4. The number of hydrogen-bond acceptors (Lipinski definition) is 5. The Morgan fingerprint density at radius 1 is 1.27 bits per heavy atom. The van der Waals surface area contributed by atoms with Crippen LogP contribution in [0, 0.1) is 5.82 Å². The molecule has 1 N–H and O–H groups in total. The molecule has 0 fully saturated rings. The molecule has 4 rings (SSSR count). The minimum Gasteiger partial charge on any atom is -0.495 e. The first kappa shape index (κ1) is 20.2. The number of benzene rings is 1. The van der Waals surface area contributed by atoms with Gasteiger partial charge in [0.1, 0.15) is 23.1 Å². The van der Waals surface area contributed by atoms with Crippen molar-refractivity contribution in [3.05, 3.63) is 41.5 Å². The predicted molar refractivity (Wildman–Crippen MR) is 103 cm³/mol. The van der Waals surface area contributed by atoms with E-state index < -0.39 is 24.2 Å². The monoisotopic (exact) mass is 440 g/mol. The number of alkyl halides is 2. The van der Waals surface area contributed by atoms with Crippen LogP contribution in [-0.2, 0) is 17.7 Å². The van der Waals surface area contributed by atoms with Crippen molar-refractivity contribution in [3.8, 4) is 23.0 Å². The molecule has 0 bridgehead atoms. The maximum absolute atomic E-state index is 15.1. The highest BCUT2D eigenvalue weighted by atomic mass is 35.5. The van der Waals surface area contributed by atoms with Gasteiger partial charge in [0, 0.05) is 31.9 Å². The van der Waals surface area contributed by atoms with Gasteiger partial charge in [-0.25, -0.2) is 9.37 Å². The Hall–Kier alpha value is -3.05. The minimum atomic E-state index is -3.38. The van der Waals surface area contributed by atoms with Crippen molar-refractivity contribution in [1.29, 1.82) is 0 Å². The topological polar surface area (TPSA) is 82.8 Å². The van der Waals surface area contributed by atoms with Crippen LogP contribution in [0.15, 0.2) is 24.8 Å². The number of aromatic amines is 1. The lowest BCUT2D eigenvalue weighted by Gasteiger charge is -2.11. The largest absolute Gasteiger partial charge is 0.495 e. The van der Waals surface area contributed by atoms with Crippen LogP contribution >= 0.6 is 11.6 Å². The van der Waals surface area contributed by atoms with E-state index in [0.29, 0.717) is 16.8 Å². The van der Waals surface area contributed by atoms with Crippen LogP contribution in [0.3, 0.4) is 0 Å². The fourth-order valence-corrected chi connectivity index (χ4v) is 3.58. The number of rotatable bonds is 6. The molecule has 0 aliphatic heterocycles. The number of H-pyrrole nitrogens is 1. The molecule has 3 heterocycles. The smallest absolute Gasteiger partial charge is 0.329 e. The number of aryl methyl sites for hydroxylation is 1. The second-order valence-corrected chi connectivity index (χ2v) is 6.87. The van der Waals surface area contributed by atoms with E-state index in [1.807, 2.05) is 0 Å². The van der Waals surface area contributed by atoms with E-state index in [9.17, 15) is 8.78 Å². The Bertz CT molecular complexity index is 1220. The lowest BCUT2D eigenvalue weighted by Crippen LogP contribution is -2.21. The quantitative estimate of drug-likeness (QED) is 0.494. The average molecular weight is 441 g/mol. The summed E-state index contributed by atoms with van der Waals surface area (Å²) >= 11 is 6.09. The number of aromatic nitrogens is 6. The number of nitrogens with zero attached hydrogens (tertiary/aromatic N) is 5. The Kier molecular flexibility index (Phi) is 4.94. The highest BCUT2D eigenvalue weighted by Crippen LogP contribution is 2.41. The maximum Gasteiger partial charge on any atom is 0.329 e. The van der Waals surface area contributed by atoms with Gasteiger partial charge in [-0.1, -0.05) is 11.6 Å². The Labute approximate surface area is 173 Å². The Morgan fingerprint density at radius 3 is 2.67 bits per heavy atom. The summed E-state index contributed by atoms with van der Waals surface area (Å²) in [5.74, 6) is -4.62. The highest BCUT2D eigenvalue weighted by Gasteiger charge is 2.37. The van der Waals surface area contributed by atoms with E-state index in [2.05, 4.69) is 24.9 Å². The molecule has 158 valence electrons. The number of imidazole rings is 1. The molecule has 0 spiro atoms. The van der Waals surface area contributed by atoms with Crippen LogP contribution in [0.2, 0.25) is 5.02 Å². The summed E-state index contributed by atoms with van der Waals surface area (Å²) in [5, 5.41) is 7.67. The van der Waals surface area contributed by atoms with Crippen LogP contribution in [0.25, 0.3) is 28.1 Å². The van der Waals surface area contributed by atoms with E-state index in [-0.39, 0.29) is 22.1 Å². The summed E-state index contributed by atoms with van der Waals surface area (Å²) in [4.78, 5) is 6.55. The number of ether oxygens (including phenoxy) is 2.